The van der Waals surface area contributed by atoms with Crippen LogP contribution >= 0.6 is 11.8 Å². The van der Waals surface area contributed by atoms with Crippen molar-refractivity contribution < 1.29 is 24.5 Å². The van der Waals surface area contributed by atoms with Crippen LogP contribution in [-0.4, -0.2) is 58.2 Å². The van der Waals surface area contributed by atoms with Gasteiger partial charge in [0.1, 0.15) is 11.4 Å². The average molecular weight is 648 g/mol. The number of aliphatic hydroxyl groups excluding tert-OH is 1. The molecule has 1 aliphatic heterocycles. The smallest absolute Gasteiger partial charge is 0.275 e. The van der Waals surface area contributed by atoms with Gasteiger partial charge in [0, 0.05) is 23.4 Å². The van der Waals surface area contributed by atoms with Crippen molar-refractivity contribution in [1.82, 2.24) is 30.2 Å². The van der Waals surface area contributed by atoms with E-state index in [4.69, 9.17) is 9.47 Å². The van der Waals surface area contributed by atoms with Crippen molar-refractivity contribution in [2.75, 3.05) is 11.1 Å². The number of benzene rings is 4. The molecule has 0 aliphatic carbocycles. The number of carbonyl (C=O) groups excluding carboxylic acids is 1. The number of tetrazole rings is 1. The Morgan fingerprint density at radius 2 is 1.74 bits per heavy atom. The Balaban J connectivity index is 1.10. The van der Waals surface area contributed by atoms with E-state index >= 15 is 0 Å². The SMILES string of the molecule is O=C(Nc1cccc([C@H]2O[C@@H](CSc3nnnn3-c3ccc(O)cc3)C[C@@H](c3ccc(CO)cc3)O2)c1)c1cnc2ccccc2n1. The topological polar surface area (TPSA) is 157 Å². The summed E-state index contributed by atoms with van der Waals surface area (Å²) in [5, 5.41) is 34.9. The third-order valence-electron chi connectivity index (χ3n) is 7.65. The third kappa shape index (κ3) is 6.98. The number of nitrogens with one attached hydrogen (secondary N) is 1. The number of aromatic hydroxyl groups is 1. The Hall–Kier alpha value is -5.21. The fraction of sp³-hybridized carbons (Fsp3) is 0.176. The standard InChI is InChI=1S/C34H29N7O5S/c42-19-21-8-10-22(11-9-21)31-17-27(20-47-34-38-39-40-41(34)25-12-14-26(43)15-13-25)45-33(46-31)23-4-3-5-24(16-23)36-32(44)30-18-35-28-6-1-2-7-29(28)37-30/h1-16,18,27,31,33,42-43H,17,19-20H2,(H,36,44)/t27-,31+,33+/m1/s1. The van der Waals surface area contributed by atoms with Gasteiger partial charge in [0.2, 0.25) is 5.16 Å². The number of hydrogen-bond donors (Lipinski definition) is 3. The second-order valence-electron chi connectivity index (χ2n) is 10.9. The summed E-state index contributed by atoms with van der Waals surface area (Å²) in [5.41, 5.74) is 5.33. The number of aromatic nitrogens is 6. The van der Waals surface area contributed by atoms with Crippen LogP contribution in [0.2, 0.25) is 0 Å². The minimum Gasteiger partial charge on any atom is -0.508 e. The fourth-order valence-electron chi connectivity index (χ4n) is 5.24. The molecule has 3 atom stereocenters. The summed E-state index contributed by atoms with van der Waals surface area (Å²) >= 11 is 1.45. The summed E-state index contributed by atoms with van der Waals surface area (Å²) in [6, 6.07) is 29.0. The minimum atomic E-state index is -0.734. The lowest BCUT2D eigenvalue weighted by Crippen LogP contribution is -2.31. The van der Waals surface area contributed by atoms with Crippen molar-refractivity contribution in [3.63, 3.8) is 0 Å². The number of carbonyl (C=O) groups is 1. The predicted octanol–water partition coefficient (Wildman–Crippen LogP) is 5.39. The summed E-state index contributed by atoms with van der Waals surface area (Å²) in [4.78, 5) is 21.9. The number of hydrogen-bond acceptors (Lipinski definition) is 11. The number of anilines is 1. The van der Waals surface area contributed by atoms with Crippen LogP contribution in [0.5, 0.6) is 5.75 Å². The molecule has 6 aromatic rings. The van der Waals surface area contributed by atoms with Crippen LogP contribution in [0.4, 0.5) is 5.69 Å². The second-order valence-corrected chi connectivity index (χ2v) is 11.9. The molecule has 236 valence electrons. The lowest BCUT2D eigenvalue weighted by molar-refractivity contribution is -0.245. The summed E-state index contributed by atoms with van der Waals surface area (Å²) in [5.74, 6) is 0.302. The molecule has 1 amide bonds. The van der Waals surface area contributed by atoms with Crippen molar-refractivity contribution in [1.29, 1.82) is 0 Å². The zero-order chi connectivity index (χ0) is 32.2. The summed E-state index contributed by atoms with van der Waals surface area (Å²) < 4.78 is 14.6. The number of phenolic OH excluding ortho intramolecular Hbond substituents is 1. The third-order valence-corrected chi connectivity index (χ3v) is 8.70. The predicted molar refractivity (Wildman–Crippen MR) is 174 cm³/mol. The maximum absolute atomic E-state index is 13.1. The van der Waals surface area contributed by atoms with E-state index in [0.29, 0.717) is 34.1 Å². The van der Waals surface area contributed by atoms with Crippen LogP contribution in [-0.2, 0) is 16.1 Å². The molecule has 7 rings (SSSR count). The molecule has 1 saturated heterocycles. The molecule has 47 heavy (non-hydrogen) atoms. The monoisotopic (exact) mass is 647 g/mol. The molecule has 1 fully saturated rings. The number of aliphatic hydroxyl groups is 1. The molecule has 4 aromatic carbocycles. The quantitative estimate of drug-likeness (QED) is 0.173. The fourth-order valence-corrected chi connectivity index (χ4v) is 6.15. The molecular weight excluding hydrogens is 618 g/mol. The summed E-state index contributed by atoms with van der Waals surface area (Å²) in [6.07, 6.45) is 0.743. The number of amides is 1. The molecule has 0 saturated carbocycles. The van der Waals surface area contributed by atoms with Gasteiger partial charge in [-0.25, -0.2) is 4.98 Å². The number of ether oxygens (including phenoxy) is 2. The number of para-hydroxylation sites is 2. The summed E-state index contributed by atoms with van der Waals surface area (Å²) in [6.45, 7) is -0.0458. The molecule has 0 unspecified atom stereocenters. The normalized spacial score (nSPS) is 17.9. The van der Waals surface area contributed by atoms with Gasteiger partial charge in [0.25, 0.3) is 5.91 Å². The van der Waals surface area contributed by atoms with Crippen LogP contribution in [0.1, 0.15) is 46.0 Å². The van der Waals surface area contributed by atoms with Crippen LogP contribution in [0.15, 0.2) is 108 Å². The molecule has 13 heteroatoms. The van der Waals surface area contributed by atoms with Crippen molar-refractivity contribution in [3.05, 3.63) is 126 Å². The molecule has 2 aromatic heterocycles. The first kappa shape index (κ1) is 30.4. The lowest BCUT2D eigenvalue weighted by atomic mass is 10.0. The number of thioether (sulfide) groups is 1. The van der Waals surface area contributed by atoms with E-state index in [1.807, 2.05) is 66.7 Å². The van der Waals surface area contributed by atoms with Gasteiger partial charge < -0.3 is 25.0 Å². The first-order chi connectivity index (χ1) is 23.0. The van der Waals surface area contributed by atoms with Gasteiger partial charge in [-0.15, -0.1) is 5.10 Å². The van der Waals surface area contributed by atoms with E-state index in [2.05, 4.69) is 30.8 Å². The Bertz CT molecular complexity index is 2010. The van der Waals surface area contributed by atoms with Crippen molar-refractivity contribution in [2.24, 2.45) is 0 Å². The van der Waals surface area contributed by atoms with Crippen LogP contribution < -0.4 is 5.32 Å². The second kappa shape index (κ2) is 13.6. The zero-order valence-corrected chi connectivity index (χ0v) is 25.7. The zero-order valence-electron chi connectivity index (χ0n) is 24.9. The van der Waals surface area contributed by atoms with Crippen LogP contribution in [0.25, 0.3) is 16.7 Å². The van der Waals surface area contributed by atoms with E-state index in [1.165, 1.54) is 18.0 Å². The van der Waals surface area contributed by atoms with E-state index in [-0.39, 0.29) is 36.2 Å². The van der Waals surface area contributed by atoms with Crippen molar-refractivity contribution in [2.45, 2.75) is 36.7 Å². The average Bonchev–Trinajstić information content (AvgIpc) is 3.59. The first-order valence-corrected chi connectivity index (χ1v) is 15.9. The highest BCUT2D eigenvalue weighted by Gasteiger charge is 2.33. The van der Waals surface area contributed by atoms with Crippen molar-refractivity contribution in [3.8, 4) is 11.4 Å². The van der Waals surface area contributed by atoms with Gasteiger partial charge in [-0.3, -0.25) is 9.78 Å². The van der Waals surface area contributed by atoms with E-state index < -0.39 is 6.29 Å². The highest BCUT2D eigenvalue weighted by Crippen LogP contribution is 2.40. The molecule has 0 radical (unpaired) electrons. The van der Waals surface area contributed by atoms with Gasteiger partial charge >= 0.3 is 0 Å². The summed E-state index contributed by atoms with van der Waals surface area (Å²) in [7, 11) is 0. The van der Waals surface area contributed by atoms with Crippen LogP contribution in [0.3, 0.4) is 0 Å². The maximum Gasteiger partial charge on any atom is 0.275 e. The van der Waals surface area contributed by atoms with Gasteiger partial charge in [0.05, 0.1) is 41.7 Å². The Morgan fingerprint density at radius 3 is 2.55 bits per heavy atom. The van der Waals surface area contributed by atoms with Gasteiger partial charge in [-0.1, -0.05) is 60.3 Å². The molecule has 0 bridgehead atoms. The van der Waals surface area contributed by atoms with E-state index in [0.717, 1.165) is 22.4 Å². The Labute approximate surface area is 273 Å². The highest BCUT2D eigenvalue weighted by atomic mass is 32.2. The number of phenols is 1. The number of rotatable bonds is 9. The van der Waals surface area contributed by atoms with Gasteiger partial charge in [-0.05, 0) is 70.1 Å². The van der Waals surface area contributed by atoms with Gasteiger partial charge in [0.15, 0.2) is 6.29 Å². The molecular formula is C34H29N7O5S. The molecule has 3 heterocycles. The van der Waals surface area contributed by atoms with Crippen molar-refractivity contribution >= 4 is 34.4 Å². The Morgan fingerprint density at radius 1 is 0.936 bits per heavy atom. The minimum absolute atomic E-state index is 0.0458. The lowest BCUT2D eigenvalue weighted by Gasteiger charge is -2.36. The molecule has 1 aliphatic rings. The molecule has 0 spiro atoms. The first-order valence-electron chi connectivity index (χ1n) is 14.9. The molecule has 12 nitrogen and oxygen atoms in total. The maximum atomic E-state index is 13.1. The highest BCUT2D eigenvalue weighted by molar-refractivity contribution is 7.99. The van der Waals surface area contributed by atoms with Crippen LogP contribution in [0, 0.1) is 0 Å². The van der Waals surface area contributed by atoms with E-state index in [1.54, 1.807) is 35.0 Å². The number of nitrogens with zero attached hydrogens (tertiary/aromatic N) is 6. The van der Waals surface area contributed by atoms with E-state index in [9.17, 15) is 15.0 Å². The Kier molecular flexibility index (Phi) is 8.84. The van der Waals surface area contributed by atoms with Gasteiger partial charge in [-0.2, -0.15) is 4.68 Å². The number of fused-ring (bicyclic) bond motifs is 1. The largest absolute Gasteiger partial charge is 0.508 e. The molecule has 3 N–H and O–H groups in total.